The van der Waals surface area contributed by atoms with Crippen LogP contribution in [0.15, 0.2) is 53.0 Å². The van der Waals surface area contributed by atoms with Crippen molar-refractivity contribution < 1.29 is 14.3 Å². The van der Waals surface area contributed by atoms with Gasteiger partial charge in [0.1, 0.15) is 5.75 Å². The van der Waals surface area contributed by atoms with E-state index in [1.165, 1.54) is 0 Å². The highest BCUT2D eigenvalue weighted by atomic mass is 79.9. The zero-order chi connectivity index (χ0) is 16.7. The van der Waals surface area contributed by atoms with Crippen molar-refractivity contribution in [1.29, 1.82) is 0 Å². The van der Waals surface area contributed by atoms with Gasteiger partial charge < -0.3 is 10.1 Å². The molecule has 2 aromatic carbocycles. The number of hydrogen-bond acceptors (Lipinski definition) is 3. The molecule has 0 bridgehead atoms. The first-order valence-corrected chi connectivity index (χ1v) is 8.22. The maximum absolute atomic E-state index is 11.8. The SMILES string of the molecule is O=C(CCCNC(=O)c1ccc(Cl)cc1)Oc1ccc(Br)cc1. The maximum Gasteiger partial charge on any atom is 0.311 e. The quantitative estimate of drug-likeness (QED) is 0.452. The van der Waals surface area contributed by atoms with E-state index in [9.17, 15) is 9.59 Å². The van der Waals surface area contributed by atoms with Crippen molar-refractivity contribution in [2.24, 2.45) is 0 Å². The van der Waals surface area contributed by atoms with Crippen LogP contribution in [0.4, 0.5) is 0 Å². The highest BCUT2D eigenvalue weighted by Gasteiger charge is 2.07. The summed E-state index contributed by atoms with van der Waals surface area (Å²) in [6, 6.07) is 13.6. The molecule has 0 aromatic heterocycles. The normalized spacial score (nSPS) is 10.2. The van der Waals surface area contributed by atoms with Gasteiger partial charge in [0.05, 0.1) is 0 Å². The third kappa shape index (κ3) is 6.04. The molecule has 23 heavy (non-hydrogen) atoms. The Hall–Kier alpha value is -1.85. The molecule has 120 valence electrons. The van der Waals surface area contributed by atoms with E-state index < -0.39 is 0 Å². The first-order valence-electron chi connectivity index (χ1n) is 7.04. The Labute approximate surface area is 147 Å². The summed E-state index contributed by atoms with van der Waals surface area (Å²) < 4.78 is 6.11. The fourth-order valence-corrected chi connectivity index (χ4v) is 2.21. The molecule has 0 spiro atoms. The van der Waals surface area contributed by atoms with Gasteiger partial charge in [0.2, 0.25) is 0 Å². The van der Waals surface area contributed by atoms with Gasteiger partial charge in [0, 0.05) is 28.0 Å². The second-order valence-electron chi connectivity index (χ2n) is 4.79. The average Bonchev–Trinajstić information content (AvgIpc) is 2.54. The first-order chi connectivity index (χ1) is 11.0. The molecule has 0 heterocycles. The molecule has 0 saturated heterocycles. The monoisotopic (exact) mass is 395 g/mol. The lowest BCUT2D eigenvalue weighted by molar-refractivity contribution is -0.134. The molecule has 4 nitrogen and oxygen atoms in total. The largest absolute Gasteiger partial charge is 0.427 e. The number of rotatable bonds is 6. The molecule has 0 radical (unpaired) electrons. The van der Waals surface area contributed by atoms with Gasteiger partial charge in [-0.25, -0.2) is 0 Å². The molecular formula is C17H15BrClNO3. The van der Waals surface area contributed by atoms with Crippen LogP contribution in [-0.2, 0) is 4.79 Å². The number of amides is 1. The number of hydrogen-bond donors (Lipinski definition) is 1. The van der Waals surface area contributed by atoms with Crippen molar-refractivity contribution in [1.82, 2.24) is 5.32 Å². The second kappa shape index (κ2) is 8.70. The fraction of sp³-hybridized carbons (Fsp3) is 0.176. The van der Waals surface area contributed by atoms with Crippen molar-refractivity contribution in [3.05, 3.63) is 63.6 Å². The van der Waals surface area contributed by atoms with E-state index in [4.69, 9.17) is 16.3 Å². The summed E-state index contributed by atoms with van der Waals surface area (Å²) in [4.78, 5) is 23.5. The second-order valence-corrected chi connectivity index (χ2v) is 6.15. The summed E-state index contributed by atoms with van der Waals surface area (Å²) in [5.41, 5.74) is 0.534. The first kappa shape index (κ1) is 17.5. The average molecular weight is 397 g/mol. The minimum atomic E-state index is -0.326. The van der Waals surface area contributed by atoms with Crippen molar-refractivity contribution in [2.45, 2.75) is 12.8 Å². The smallest absolute Gasteiger partial charge is 0.311 e. The zero-order valence-electron chi connectivity index (χ0n) is 12.2. The van der Waals surface area contributed by atoms with Crippen LogP contribution in [0.5, 0.6) is 5.75 Å². The van der Waals surface area contributed by atoms with E-state index in [0.29, 0.717) is 29.3 Å². The number of carbonyl (C=O) groups excluding carboxylic acids is 2. The van der Waals surface area contributed by atoms with E-state index in [0.717, 1.165) is 4.47 Å². The molecule has 0 fully saturated rings. The van der Waals surface area contributed by atoms with Crippen LogP contribution >= 0.6 is 27.5 Å². The molecule has 0 saturated carbocycles. The predicted molar refractivity (Wildman–Crippen MR) is 92.8 cm³/mol. The zero-order valence-corrected chi connectivity index (χ0v) is 14.6. The van der Waals surface area contributed by atoms with Crippen LogP contribution in [0.25, 0.3) is 0 Å². The number of ether oxygens (including phenoxy) is 1. The van der Waals surface area contributed by atoms with Gasteiger partial charge in [-0.1, -0.05) is 27.5 Å². The van der Waals surface area contributed by atoms with Crippen molar-refractivity contribution in [2.75, 3.05) is 6.54 Å². The molecule has 2 rings (SSSR count). The summed E-state index contributed by atoms with van der Waals surface area (Å²) >= 11 is 9.08. The molecule has 6 heteroatoms. The van der Waals surface area contributed by atoms with Gasteiger partial charge in [-0.15, -0.1) is 0 Å². The lowest BCUT2D eigenvalue weighted by atomic mass is 10.2. The highest BCUT2D eigenvalue weighted by molar-refractivity contribution is 9.10. The van der Waals surface area contributed by atoms with Gasteiger partial charge in [0.25, 0.3) is 5.91 Å². The Morgan fingerprint density at radius 3 is 2.35 bits per heavy atom. The Balaban J connectivity index is 1.68. The number of benzene rings is 2. The summed E-state index contributed by atoms with van der Waals surface area (Å²) in [5.74, 6) is -0.0144. The van der Waals surface area contributed by atoms with Crippen LogP contribution < -0.4 is 10.1 Å². The minimum Gasteiger partial charge on any atom is -0.427 e. The van der Waals surface area contributed by atoms with Gasteiger partial charge in [-0.05, 0) is 55.0 Å². The Morgan fingerprint density at radius 1 is 1.04 bits per heavy atom. The Kier molecular flexibility index (Phi) is 6.62. The predicted octanol–water partition coefficient (Wildman–Crippen LogP) is 4.22. The summed E-state index contributed by atoms with van der Waals surface area (Å²) in [6.45, 7) is 0.400. The number of carbonyl (C=O) groups is 2. The molecule has 0 aliphatic carbocycles. The van der Waals surface area contributed by atoms with Crippen LogP contribution in [0.2, 0.25) is 5.02 Å². The van der Waals surface area contributed by atoms with E-state index in [2.05, 4.69) is 21.2 Å². The maximum atomic E-state index is 11.8. The van der Waals surface area contributed by atoms with Crippen molar-refractivity contribution in [3.8, 4) is 5.75 Å². The molecule has 0 aliphatic rings. The molecule has 0 atom stereocenters. The van der Waals surface area contributed by atoms with Crippen molar-refractivity contribution in [3.63, 3.8) is 0 Å². The number of esters is 1. The van der Waals surface area contributed by atoms with Gasteiger partial charge >= 0.3 is 5.97 Å². The molecule has 0 aliphatic heterocycles. The number of nitrogens with one attached hydrogen (secondary N) is 1. The molecular weight excluding hydrogens is 382 g/mol. The lowest BCUT2D eigenvalue weighted by Gasteiger charge is -2.06. The van der Waals surface area contributed by atoms with E-state index >= 15 is 0 Å². The van der Waals surface area contributed by atoms with Crippen LogP contribution in [0, 0.1) is 0 Å². The topological polar surface area (TPSA) is 55.4 Å². The van der Waals surface area contributed by atoms with Gasteiger partial charge in [-0.2, -0.15) is 0 Å². The van der Waals surface area contributed by atoms with E-state index in [1.54, 1.807) is 48.5 Å². The Morgan fingerprint density at radius 2 is 1.70 bits per heavy atom. The standard InChI is InChI=1S/C17H15BrClNO3/c18-13-5-9-15(10-6-13)23-16(21)2-1-11-20-17(22)12-3-7-14(19)8-4-12/h3-10H,1-2,11H2,(H,20,22). The van der Waals surface area contributed by atoms with Crippen molar-refractivity contribution >= 4 is 39.4 Å². The van der Waals surface area contributed by atoms with E-state index in [1.807, 2.05) is 0 Å². The Bertz CT molecular complexity index is 671. The number of halogens is 2. The minimum absolute atomic E-state index is 0.192. The third-order valence-corrected chi connectivity index (χ3v) is 3.78. The van der Waals surface area contributed by atoms with E-state index in [-0.39, 0.29) is 18.3 Å². The highest BCUT2D eigenvalue weighted by Crippen LogP contribution is 2.16. The summed E-state index contributed by atoms with van der Waals surface area (Å²) in [5, 5.41) is 3.33. The molecule has 1 N–H and O–H groups in total. The van der Waals surface area contributed by atoms with Crippen LogP contribution in [0.3, 0.4) is 0 Å². The third-order valence-electron chi connectivity index (χ3n) is 2.99. The molecule has 0 unspecified atom stereocenters. The summed E-state index contributed by atoms with van der Waals surface area (Å²) in [7, 11) is 0. The molecule has 2 aromatic rings. The molecule has 1 amide bonds. The van der Waals surface area contributed by atoms with Crippen LogP contribution in [0.1, 0.15) is 23.2 Å². The fourth-order valence-electron chi connectivity index (χ4n) is 1.82. The lowest BCUT2D eigenvalue weighted by Crippen LogP contribution is -2.25. The van der Waals surface area contributed by atoms with Crippen LogP contribution in [-0.4, -0.2) is 18.4 Å². The van der Waals surface area contributed by atoms with Gasteiger partial charge in [-0.3, -0.25) is 9.59 Å². The summed E-state index contributed by atoms with van der Waals surface area (Å²) in [6.07, 6.45) is 0.742. The van der Waals surface area contributed by atoms with Gasteiger partial charge in [0.15, 0.2) is 0 Å².